The standard InChI is InChI=1S/C16H27N3/c1-12(2)15-7-5-6-13(3)16(15)19-9-8-18(4)11-14(19)10-17/h5-7,12,14H,8-11,17H2,1-4H3. The van der Waals surface area contributed by atoms with Crippen LogP contribution in [0.15, 0.2) is 18.2 Å². The highest BCUT2D eigenvalue weighted by atomic mass is 15.3. The first-order chi connectivity index (χ1) is 9.04. The number of hydrogen-bond donors (Lipinski definition) is 1. The van der Waals surface area contributed by atoms with Gasteiger partial charge >= 0.3 is 0 Å². The van der Waals surface area contributed by atoms with Crippen LogP contribution in [-0.2, 0) is 0 Å². The molecule has 1 fully saturated rings. The van der Waals surface area contributed by atoms with E-state index in [-0.39, 0.29) is 0 Å². The molecule has 0 bridgehead atoms. The summed E-state index contributed by atoms with van der Waals surface area (Å²) >= 11 is 0. The molecule has 0 amide bonds. The maximum Gasteiger partial charge on any atom is 0.0539 e. The second kappa shape index (κ2) is 5.93. The second-order valence-electron chi connectivity index (χ2n) is 6.01. The molecule has 1 aromatic rings. The van der Waals surface area contributed by atoms with Gasteiger partial charge in [0.1, 0.15) is 0 Å². The lowest BCUT2D eigenvalue weighted by Gasteiger charge is -2.43. The number of nitrogens with zero attached hydrogens (tertiary/aromatic N) is 2. The lowest BCUT2D eigenvalue weighted by Crippen LogP contribution is -2.55. The van der Waals surface area contributed by atoms with Crippen molar-refractivity contribution in [2.45, 2.75) is 32.7 Å². The van der Waals surface area contributed by atoms with E-state index in [4.69, 9.17) is 5.73 Å². The van der Waals surface area contributed by atoms with Crippen molar-refractivity contribution < 1.29 is 0 Å². The summed E-state index contributed by atoms with van der Waals surface area (Å²) in [5, 5.41) is 0. The zero-order chi connectivity index (χ0) is 14.0. The Balaban J connectivity index is 2.39. The third-order valence-corrected chi connectivity index (χ3v) is 4.14. The summed E-state index contributed by atoms with van der Waals surface area (Å²) in [5.41, 5.74) is 10.2. The van der Waals surface area contributed by atoms with Gasteiger partial charge in [0.2, 0.25) is 0 Å². The number of piperazine rings is 1. The molecule has 19 heavy (non-hydrogen) atoms. The van der Waals surface area contributed by atoms with E-state index in [1.54, 1.807) is 0 Å². The molecular weight excluding hydrogens is 234 g/mol. The van der Waals surface area contributed by atoms with Gasteiger partial charge in [-0.1, -0.05) is 32.0 Å². The van der Waals surface area contributed by atoms with Gasteiger partial charge in [-0.25, -0.2) is 0 Å². The van der Waals surface area contributed by atoms with E-state index in [1.807, 2.05) is 0 Å². The number of likely N-dealkylation sites (N-methyl/N-ethyl adjacent to an activating group) is 1. The number of rotatable bonds is 3. The number of para-hydroxylation sites is 1. The monoisotopic (exact) mass is 261 g/mol. The van der Waals surface area contributed by atoms with Gasteiger partial charge in [-0.15, -0.1) is 0 Å². The summed E-state index contributed by atoms with van der Waals surface area (Å²) in [6, 6.07) is 7.07. The van der Waals surface area contributed by atoms with Crippen LogP contribution in [0.5, 0.6) is 0 Å². The van der Waals surface area contributed by atoms with Crippen molar-refractivity contribution >= 4 is 5.69 Å². The first-order valence-corrected chi connectivity index (χ1v) is 7.29. The van der Waals surface area contributed by atoms with Gasteiger partial charge in [0.15, 0.2) is 0 Å². The summed E-state index contributed by atoms with van der Waals surface area (Å²) in [6.07, 6.45) is 0. The van der Waals surface area contributed by atoms with Crippen LogP contribution in [-0.4, -0.2) is 44.2 Å². The van der Waals surface area contributed by atoms with E-state index >= 15 is 0 Å². The zero-order valence-electron chi connectivity index (χ0n) is 12.7. The Hall–Kier alpha value is -1.06. The smallest absolute Gasteiger partial charge is 0.0539 e. The molecule has 1 aliphatic heterocycles. The lowest BCUT2D eigenvalue weighted by molar-refractivity contribution is 0.269. The molecule has 106 valence electrons. The van der Waals surface area contributed by atoms with Crippen molar-refractivity contribution in [3.8, 4) is 0 Å². The van der Waals surface area contributed by atoms with Crippen molar-refractivity contribution in [1.82, 2.24) is 4.90 Å². The maximum atomic E-state index is 6.00. The fraction of sp³-hybridized carbons (Fsp3) is 0.625. The third kappa shape index (κ3) is 2.93. The number of aryl methyl sites for hydroxylation is 1. The topological polar surface area (TPSA) is 32.5 Å². The Labute approximate surface area is 117 Å². The van der Waals surface area contributed by atoms with Gasteiger partial charge in [-0.05, 0) is 31.0 Å². The van der Waals surface area contributed by atoms with Crippen LogP contribution in [0.3, 0.4) is 0 Å². The van der Waals surface area contributed by atoms with E-state index in [9.17, 15) is 0 Å². The van der Waals surface area contributed by atoms with E-state index < -0.39 is 0 Å². The fourth-order valence-electron chi connectivity index (χ4n) is 3.05. The fourth-order valence-corrected chi connectivity index (χ4v) is 3.05. The molecule has 1 aliphatic rings. The first-order valence-electron chi connectivity index (χ1n) is 7.29. The Morgan fingerprint density at radius 2 is 2.05 bits per heavy atom. The summed E-state index contributed by atoms with van der Waals surface area (Å²) in [5.74, 6) is 0.549. The average Bonchev–Trinajstić information content (AvgIpc) is 2.38. The van der Waals surface area contributed by atoms with Gasteiger partial charge in [0, 0.05) is 31.9 Å². The Bertz CT molecular complexity index is 428. The molecule has 0 aliphatic carbocycles. The summed E-state index contributed by atoms with van der Waals surface area (Å²) < 4.78 is 0. The van der Waals surface area contributed by atoms with Gasteiger partial charge in [0.05, 0.1) is 6.04 Å². The molecule has 1 unspecified atom stereocenters. The molecule has 1 heterocycles. The number of benzene rings is 1. The van der Waals surface area contributed by atoms with Crippen LogP contribution in [0.25, 0.3) is 0 Å². The van der Waals surface area contributed by atoms with E-state index in [0.717, 1.165) is 26.2 Å². The molecular formula is C16H27N3. The van der Waals surface area contributed by atoms with Gasteiger partial charge in [0.25, 0.3) is 0 Å². The summed E-state index contributed by atoms with van der Waals surface area (Å²) in [6.45, 7) is 10.7. The van der Waals surface area contributed by atoms with Crippen molar-refractivity contribution in [3.63, 3.8) is 0 Å². The van der Waals surface area contributed by atoms with Crippen LogP contribution in [0.4, 0.5) is 5.69 Å². The maximum absolute atomic E-state index is 6.00. The molecule has 1 saturated heterocycles. The zero-order valence-corrected chi connectivity index (χ0v) is 12.7. The third-order valence-electron chi connectivity index (χ3n) is 4.14. The Morgan fingerprint density at radius 3 is 2.68 bits per heavy atom. The molecule has 2 N–H and O–H groups in total. The minimum absolute atomic E-state index is 0.428. The van der Waals surface area contributed by atoms with E-state index in [1.165, 1.54) is 16.8 Å². The molecule has 0 spiro atoms. The van der Waals surface area contributed by atoms with Gasteiger partial charge in [-0.2, -0.15) is 0 Å². The largest absolute Gasteiger partial charge is 0.364 e. The van der Waals surface area contributed by atoms with Crippen LogP contribution in [0.1, 0.15) is 30.9 Å². The summed E-state index contributed by atoms with van der Waals surface area (Å²) in [7, 11) is 2.18. The second-order valence-corrected chi connectivity index (χ2v) is 6.01. The highest BCUT2D eigenvalue weighted by molar-refractivity contribution is 5.61. The van der Waals surface area contributed by atoms with Crippen LogP contribution >= 0.6 is 0 Å². The van der Waals surface area contributed by atoms with Crippen LogP contribution < -0.4 is 10.6 Å². The van der Waals surface area contributed by atoms with E-state index in [0.29, 0.717) is 12.0 Å². The van der Waals surface area contributed by atoms with E-state index in [2.05, 4.69) is 55.8 Å². The molecule has 1 aromatic carbocycles. The molecule has 0 saturated carbocycles. The van der Waals surface area contributed by atoms with Gasteiger partial charge in [-0.3, -0.25) is 0 Å². The number of nitrogens with two attached hydrogens (primary N) is 1. The minimum Gasteiger partial charge on any atom is -0.364 e. The normalized spacial score (nSPS) is 21.2. The van der Waals surface area contributed by atoms with Crippen molar-refractivity contribution in [2.24, 2.45) is 5.73 Å². The molecule has 0 aromatic heterocycles. The number of hydrogen-bond acceptors (Lipinski definition) is 3. The highest BCUT2D eigenvalue weighted by Crippen LogP contribution is 2.32. The molecule has 3 heteroatoms. The Kier molecular flexibility index (Phi) is 4.48. The van der Waals surface area contributed by atoms with Crippen LogP contribution in [0.2, 0.25) is 0 Å². The summed E-state index contributed by atoms with van der Waals surface area (Å²) in [4.78, 5) is 4.91. The predicted octanol–water partition coefficient (Wildman–Crippen LogP) is 2.20. The SMILES string of the molecule is Cc1cccc(C(C)C)c1N1CCN(C)CC1CN. The molecule has 0 radical (unpaired) electrons. The average molecular weight is 261 g/mol. The predicted molar refractivity (Wildman–Crippen MR) is 83.0 cm³/mol. The van der Waals surface area contributed by atoms with Crippen molar-refractivity contribution in [3.05, 3.63) is 29.3 Å². The quantitative estimate of drug-likeness (QED) is 0.905. The highest BCUT2D eigenvalue weighted by Gasteiger charge is 2.27. The number of anilines is 1. The Morgan fingerprint density at radius 1 is 1.32 bits per heavy atom. The first kappa shape index (κ1) is 14.4. The van der Waals surface area contributed by atoms with Gasteiger partial charge < -0.3 is 15.5 Å². The van der Waals surface area contributed by atoms with Crippen molar-refractivity contribution in [1.29, 1.82) is 0 Å². The molecule has 1 atom stereocenters. The van der Waals surface area contributed by atoms with Crippen molar-refractivity contribution in [2.75, 3.05) is 38.1 Å². The molecule has 3 nitrogen and oxygen atoms in total. The molecule has 2 rings (SSSR count). The van der Waals surface area contributed by atoms with Crippen LogP contribution in [0, 0.1) is 6.92 Å². The minimum atomic E-state index is 0.428. The lowest BCUT2D eigenvalue weighted by atomic mass is 9.95.